The van der Waals surface area contributed by atoms with Crippen LogP contribution in [-0.4, -0.2) is 21.0 Å². The Hall–Kier alpha value is -2.58. The van der Waals surface area contributed by atoms with E-state index < -0.39 is 16.0 Å². The zero-order valence-electron chi connectivity index (χ0n) is 14.2. The second-order valence-electron chi connectivity index (χ2n) is 5.36. The van der Waals surface area contributed by atoms with Gasteiger partial charge in [-0.3, -0.25) is 13.8 Å². The van der Waals surface area contributed by atoms with Crippen molar-refractivity contribution in [1.82, 2.24) is 0 Å². The van der Waals surface area contributed by atoms with E-state index in [1.165, 1.54) is 0 Å². The van der Waals surface area contributed by atoms with Crippen LogP contribution in [0.5, 0.6) is 0 Å². The average Bonchev–Trinajstić information content (AvgIpc) is 2.67. The predicted molar refractivity (Wildman–Crippen MR) is 97.0 cm³/mol. The van der Waals surface area contributed by atoms with E-state index in [4.69, 9.17) is 5.26 Å². The third-order valence-corrected chi connectivity index (χ3v) is 5.60. The van der Waals surface area contributed by atoms with Gasteiger partial charge in [-0.15, -0.1) is 0 Å². The van der Waals surface area contributed by atoms with Gasteiger partial charge in [0, 0.05) is 28.9 Å². The lowest BCUT2D eigenvalue weighted by molar-refractivity contribution is 0.0955. The molecule has 128 valence electrons. The minimum atomic E-state index is -1.37. The number of nitriles is 1. The first-order valence-corrected chi connectivity index (χ1v) is 9.37. The highest BCUT2D eigenvalue weighted by atomic mass is 32.2. The lowest BCUT2D eigenvalue weighted by atomic mass is 10.00. The molecule has 0 bridgehead atoms. The monoisotopic (exact) mass is 353 g/mol. The third-order valence-electron chi connectivity index (χ3n) is 3.87. The van der Waals surface area contributed by atoms with Crippen LogP contribution in [0.25, 0.3) is 0 Å². The zero-order chi connectivity index (χ0) is 18.4. The Morgan fingerprint density at radius 2 is 1.80 bits per heavy atom. The fraction of sp³-hybridized carbons (Fsp3) is 0.250. The topological polar surface area (TPSA) is 75.0 Å². The number of ketones is 2. The summed E-state index contributed by atoms with van der Waals surface area (Å²) in [5, 5.41) is 8.27. The molecule has 0 amide bonds. The summed E-state index contributed by atoms with van der Waals surface area (Å²) in [6, 6.07) is 15.2. The molecule has 2 aromatic carbocycles. The molecule has 2 atom stereocenters. The van der Waals surface area contributed by atoms with Crippen LogP contribution in [0.4, 0.5) is 0 Å². The van der Waals surface area contributed by atoms with Crippen molar-refractivity contribution in [3.8, 4) is 6.07 Å². The lowest BCUT2D eigenvalue weighted by Crippen LogP contribution is -2.29. The Morgan fingerprint density at radius 3 is 2.44 bits per heavy atom. The number of carbonyl (C=O) groups excluding carboxylic acids is 2. The summed E-state index contributed by atoms with van der Waals surface area (Å²) in [5.41, 5.74) is 1.44. The zero-order valence-corrected chi connectivity index (χ0v) is 15.0. The molecule has 0 saturated carbocycles. The smallest absolute Gasteiger partial charge is 0.165 e. The lowest BCUT2D eigenvalue weighted by Gasteiger charge is -2.22. The molecular formula is C20H19NO3S. The van der Waals surface area contributed by atoms with Crippen LogP contribution in [0, 0.1) is 11.3 Å². The Morgan fingerprint density at radius 1 is 1.16 bits per heavy atom. The molecule has 2 unspecified atom stereocenters. The van der Waals surface area contributed by atoms with Crippen molar-refractivity contribution < 1.29 is 13.8 Å². The minimum Gasteiger partial charge on any atom is -0.294 e. The van der Waals surface area contributed by atoms with Crippen LogP contribution >= 0.6 is 0 Å². The molecule has 1 aliphatic rings. The van der Waals surface area contributed by atoms with Crippen LogP contribution < -0.4 is 0 Å². The fourth-order valence-corrected chi connectivity index (χ4v) is 4.22. The summed E-state index contributed by atoms with van der Waals surface area (Å²) in [4.78, 5) is 25.0. The van der Waals surface area contributed by atoms with Gasteiger partial charge >= 0.3 is 0 Å². The molecule has 5 heteroatoms. The van der Waals surface area contributed by atoms with E-state index in [0.717, 1.165) is 0 Å². The SMILES string of the molecule is CC.N#Cc1ccc(C(=O)CC2CC(=O)c3ccccc3S2=O)cc1. The summed E-state index contributed by atoms with van der Waals surface area (Å²) < 4.78 is 12.6. The Labute approximate surface area is 149 Å². The number of hydrogen-bond donors (Lipinski definition) is 0. The van der Waals surface area contributed by atoms with Gasteiger partial charge in [0.05, 0.1) is 27.7 Å². The molecule has 0 N–H and O–H groups in total. The van der Waals surface area contributed by atoms with Gasteiger partial charge < -0.3 is 0 Å². The standard InChI is InChI=1S/C18H13NO3S.C2H6/c19-11-12-5-7-13(8-6-12)16(20)9-14-10-17(21)15-3-1-2-4-18(15)23(14)22;1-2/h1-8,14H,9-10H2;1-2H3. The molecule has 0 aliphatic carbocycles. The van der Waals surface area contributed by atoms with E-state index in [2.05, 4.69) is 0 Å². The number of Topliss-reactive ketones (excluding diaryl/α,β-unsaturated/α-hetero) is 2. The Bertz CT molecular complexity index is 850. The van der Waals surface area contributed by atoms with Crippen molar-refractivity contribution in [2.45, 2.75) is 36.8 Å². The molecule has 1 heterocycles. The van der Waals surface area contributed by atoms with E-state index >= 15 is 0 Å². The summed E-state index contributed by atoms with van der Waals surface area (Å²) in [6.07, 6.45) is 0.171. The van der Waals surface area contributed by atoms with Crippen molar-refractivity contribution >= 4 is 22.4 Å². The molecule has 3 rings (SSSR count). The van der Waals surface area contributed by atoms with Crippen molar-refractivity contribution in [1.29, 1.82) is 5.26 Å². The fourth-order valence-electron chi connectivity index (χ4n) is 2.65. The molecule has 0 aromatic heterocycles. The van der Waals surface area contributed by atoms with Crippen molar-refractivity contribution in [3.05, 3.63) is 65.2 Å². The molecule has 1 aliphatic heterocycles. The number of rotatable bonds is 3. The predicted octanol–water partition coefficient (Wildman–Crippen LogP) is 3.92. The molecular weight excluding hydrogens is 334 g/mol. The van der Waals surface area contributed by atoms with Gasteiger partial charge in [0.25, 0.3) is 0 Å². The van der Waals surface area contributed by atoms with Crippen LogP contribution in [0.15, 0.2) is 53.4 Å². The van der Waals surface area contributed by atoms with Crippen molar-refractivity contribution in [2.75, 3.05) is 0 Å². The first-order valence-electron chi connectivity index (χ1n) is 8.16. The third kappa shape index (κ3) is 4.09. The summed E-state index contributed by atoms with van der Waals surface area (Å²) in [6.45, 7) is 4.00. The maximum atomic E-state index is 12.6. The van der Waals surface area contributed by atoms with E-state index in [1.807, 2.05) is 19.9 Å². The van der Waals surface area contributed by atoms with Gasteiger partial charge in [0.1, 0.15) is 0 Å². The Kier molecular flexibility index (Phi) is 6.37. The highest BCUT2D eigenvalue weighted by Gasteiger charge is 2.32. The molecule has 2 aromatic rings. The van der Waals surface area contributed by atoms with Gasteiger partial charge in [-0.25, -0.2) is 0 Å². The summed E-state index contributed by atoms with van der Waals surface area (Å²) in [7, 11) is -1.37. The largest absolute Gasteiger partial charge is 0.294 e. The molecule has 0 fully saturated rings. The van der Waals surface area contributed by atoms with Gasteiger partial charge in [-0.2, -0.15) is 5.26 Å². The molecule has 4 nitrogen and oxygen atoms in total. The number of benzene rings is 2. The summed E-state index contributed by atoms with van der Waals surface area (Å²) >= 11 is 0. The molecule has 0 radical (unpaired) electrons. The minimum absolute atomic E-state index is 0.0542. The van der Waals surface area contributed by atoms with Crippen molar-refractivity contribution in [2.24, 2.45) is 0 Å². The second kappa shape index (κ2) is 8.50. The average molecular weight is 353 g/mol. The number of nitrogens with zero attached hydrogens (tertiary/aromatic N) is 1. The van der Waals surface area contributed by atoms with Crippen LogP contribution in [0.3, 0.4) is 0 Å². The van der Waals surface area contributed by atoms with Gasteiger partial charge in [-0.1, -0.05) is 44.2 Å². The van der Waals surface area contributed by atoms with Gasteiger partial charge in [-0.05, 0) is 18.2 Å². The molecule has 25 heavy (non-hydrogen) atoms. The van der Waals surface area contributed by atoms with E-state index in [-0.39, 0.29) is 24.4 Å². The van der Waals surface area contributed by atoms with Crippen LogP contribution in [0.2, 0.25) is 0 Å². The number of hydrogen-bond acceptors (Lipinski definition) is 4. The van der Waals surface area contributed by atoms with E-state index in [0.29, 0.717) is 21.6 Å². The first kappa shape index (κ1) is 18.8. The summed E-state index contributed by atoms with van der Waals surface area (Å²) in [5.74, 6) is -0.238. The van der Waals surface area contributed by atoms with Crippen molar-refractivity contribution in [3.63, 3.8) is 0 Å². The quantitative estimate of drug-likeness (QED) is 0.784. The maximum absolute atomic E-state index is 12.6. The van der Waals surface area contributed by atoms with E-state index in [1.54, 1.807) is 48.5 Å². The van der Waals surface area contributed by atoms with Crippen LogP contribution in [0.1, 0.15) is 53.0 Å². The van der Waals surface area contributed by atoms with Crippen LogP contribution in [-0.2, 0) is 10.8 Å². The first-order chi connectivity index (χ1) is 12.1. The second-order valence-corrected chi connectivity index (χ2v) is 7.06. The highest BCUT2D eigenvalue weighted by Crippen LogP contribution is 2.29. The highest BCUT2D eigenvalue weighted by molar-refractivity contribution is 7.86. The normalized spacial score (nSPS) is 18.4. The molecule has 0 spiro atoms. The number of fused-ring (bicyclic) bond motifs is 1. The van der Waals surface area contributed by atoms with E-state index in [9.17, 15) is 13.8 Å². The van der Waals surface area contributed by atoms with Gasteiger partial charge in [0.2, 0.25) is 0 Å². The van der Waals surface area contributed by atoms with Gasteiger partial charge in [0.15, 0.2) is 11.6 Å². The maximum Gasteiger partial charge on any atom is 0.165 e. The Balaban J connectivity index is 0.00000109. The number of carbonyl (C=O) groups is 2. The molecule has 0 saturated heterocycles.